The van der Waals surface area contributed by atoms with Crippen LogP contribution in [-0.2, 0) is 11.2 Å². The molecule has 0 aliphatic rings. The number of halogens is 1. The molecule has 0 atom stereocenters. The normalized spacial score (nSPS) is 11.3. The maximum atomic E-state index is 14.2. The monoisotopic (exact) mass is 553 g/mol. The summed E-state index contributed by atoms with van der Waals surface area (Å²) in [5.74, 6) is 0.135. The molecule has 0 spiro atoms. The third kappa shape index (κ3) is 4.88. The summed E-state index contributed by atoms with van der Waals surface area (Å²) in [5.41, 5.74) is 8.36. The van der Waals surface area contributed by atoms with Crippen molar-refractivity contribution in [3.8, 4) is 33.8 Å². The SMILES string of the molecule is Cc1cc(F)cc(-c2ccnc3nc(-c4n[nH]c5ccc(-c6cncc(NC(=O)Cc7ccccc7)c6)cc45)[nH]c23)c1. The summed E-state index contributed by atoms with van der Waals surface area (Å²) in [4.78, 5) is 29.5. The molecule has 1 amide bonds. The van der Waals surface area contributed by atoms with Crippen LogP contribution in [0.2, 0.25) is 0 Å². The van der Waals surface area contributed by atoms with Crippen LogP contribution in [-0.4, -0.2) is 36.0 Å². The van der Waals surface area contributed by atoms with Gasteiger partial charge in [-0.3, -0.25) is 14.9 Å². The van der Waals surface area contributed by atoms with Crippen molar-refractivity contribution in [2.45, 2.75) is 13.3 Å². The van der Waals surface area contributed by atoms with E-state index in [1.807, 2.05) is 73.7 Å². The molecular weight excluding hydrogens is 529 g/mol. The molecule has 4 aromatic heterocycles. The topological polar surface area (TPSA) is 112 Å². The second-order valence-corrected chi connectivity index (χ2v) is 10.2. The Bertz CT molecular complexity index is 2080. The highest BCUT2D eigenvalue weighted by Gasteiger charge is 2.17. The Morgan fingerprint density at radius 3 is 2.67 bits per heavy atom. The molecule has 0 radical (unpaired) electrons. The van der Waals surface area contributed by atoms with Crippen molar-refractivity contribution in [3.05, 3.63) is 114 Å². The van der Waals surface area contributed by atoms with Crippen molar-refractivity contribution in [1.82, 2.24) is 30.1 Å². The number of H-pyrrole nitrogens is 2. The lowest BCUT2D eigenvalue weighted by Crippen LogP contribution is -2.14. The molecule has 3 aromatic carbocycles. The number of fused-ring (bicyclic) bond motifs is 2. The van der Waals surface area contributed by atoms with Gasteiger partial charge in [-0.2, -0.15) is 5.10 Å². The maximum absolute atomic E-state index is 14.2. The van der Waals surface area contributed by atoms with E-state index in [-0.39, 0.29) is 18.1 Å². The van der Waals surface area contributed by atoms with Gasteiger partial charge >= 0.3 is 0 Å². The first kappa shape index (κ1) is 25.3. The van der Waals surface area contributed by atoms with Gasteiger partial charge in [-0.05, 0) is 65.6 Å². The third-order valence-electron chi connectivity index (χ3n) is 7.10. The van der Waals surface area contributed by atoms with E-state index in [9.17, 15) is 9.18 Å². The molecule has 0 unspecified atom stereocenters. The molecule has 0 fully saturated rings. The Kier molecular flexibility index (Phi) is 6.24. The number of amides is 1. The van der Waals surface area contributed by atoms with Crippen molar-refractivity contribution < 1.29 is 9.18 Å². The van der Waals surface area contributed by atoms with Crippen molar-refractivity contribution in [2.75, 3.05) is 5.32 Å². The highest BCUT2D eigenvalue weighted by atomic mass is 19.1. The number of aryl methyl sites for hydroxylation is 1. The van der Waals surface area contributed by atoms with Crippen molar-refractivity contribution in [3.63, 3.8) is 0 Å². The molecule has 204 valence electrons. The van der Waals surface area contributed by atoms with Gasteiger partial charge in [0.2, 0.25) is 5.91 Å². The first-order valence-corrected chi connectivity index (χ1v) is 13.4. The number of hydrogen-bond acceptors (Lipinski definition) is 5. The predicted octanol–water partition coefficient (Wildman–Crippen LogP) is 6.86. The smallest absolute Gasteiger partial charge is 0.228 e. The van der Waals surface area contributed by atoms with Gasteiger partial charge in [0.05, 0.1) is 29.3 Å². The molecule has 7 rings (SSSR count). The average molecular weight is 554 g/mol. The van der Waals surface area contributed by atoms with E-state index in [0.717, 1.165) is 44.3 Å². The molecular formula is C33H24FN7O. The number of aromatic nitrogens is 6. The number of nitrogens with one attached hydrogen (secondary N) is 3. The van der Waals surface area contributed by atoms with Gasteiger partial charge in [0.15, 0.2) is 11.5 Å². The van der Waals surface area contributed by atoms with Crippen LogP contribution in [0.25, 0.3) is 55.8 Å². The first-order valence-electron chi connectivity index (χ1n) is 13.4. The van der Waals surface area contributed by atoms with Crippen LogP contribution in [0, 0.1) is 12.7 Å². The average Bonchev–Trinajstić information content (AvgIpc) is 3.61. The summed E-state index contributed by atoms with van der Waals surface area (Å²) in [6, 6.07) is 24.2. The number of aromatic amines is 2. The zero-order valence-electron chi connectivity index (χ0n) is 22.5. The van der Waals surface area contributed by atoms with Gasteiger partial charge < -0.3 is 10.3 Å². The van der Waals surface area contributed by atoms with E-state index < -0.39 is 0 Å². The first-order chi connectivity index (χ1) is 20.5. The number of carbonyl (C=O) groups is 1. The fourth-order valence-electron chi connectivity index (χ4n) is 5.18. The molecule has 9 heteroatoms. The van der Waals surface area contributed by atoms with Crippen molar-refractivity contribution in [2.24, 2.45) is 0 Å². The minimum absolute atomic E-state index is 0.112. The molecule has 4 heterocycles. The van der Waals surface area contributed by atoms with E-state index in [1.54, 1.807) is 18.6 Å². The highest BCUT2D eigenvalue weighted by molar-refractivity contribution is 5.98. The number of anilines is 1. The van der Waals surface area contributed by atoms with Gasteiger partial charge in [-0.1, -0.05) is 42.5 Å². The largest absolute Gasteiger partial charge is 0.335 e. The number of carbonyl (C=O) groups excluding carboxylic acids is 1. The lowest BCUT2D eigenvalue weighted by atomic mass is 10.0. The minimum atomic E-state index is -0.296. The highest BCUT2D eigenvalue weighted by Crippen LogP contribution is 2.33. The summed E-state index contributed by atoms with van der Waals surface area (Å²) in [6.45, 7) is 1.86. The number of hydrogen-bond donors (Lipinski definition) is 3. The Labute approximate surface area is 239 Å². The van der Waals surface area contributed by atoms with Crippen LogP contribution < -0.4 is 5.32 Å². The number of nitrogens with zero attached hydrogens (tertiary/aromatic N) is 4. The van der Waals surface area contributed by atoms with E-state index >= 15 is 0 Å². The van der Waals surface area contributed by atoms with Crippen LogP contribution in [0.4, 0.5) is 10.1 Å². The van der Waals surface area contributed by atoms with Crippen molar-refractivity contribution in [1.29, 1.82) is 0 Å². The van der Waals surface area contributed by atoms with Gasteiger partial charge in [0, 0.05) is 28.9 Å². The maximum Gasteiger partial charge on any atom is 0.228 e. The summed E-state index contributed by atoms with van der Waals surface area (Å²) in [5, 5.41) is 11.4. The molecule has 0 saturated heterocycles. The van der Waals surface area contributed by atoms with Crippen molar-refractivity contribution >= 4 is 33.7 Å². The number of rotatable bonds is 6. The van der Waals surface area contributed by atoms with Crippen LogP contribution in [0.3, 0.4) is 0 Å². The number of pyridine rings is 2. The van der Waals surface area contributed by atoms with E-state index in [2.05, 4.69) is 30.5 Å². The minimum Gasteiger partial charge on any atom is -0.335 e. The van der Waals surface area contributed by atoms with Crippen LogP contribution in [0.5, 0.6) is 0 Å². The molecule has 42 heavy (non-hydrogen) atoms. The summed E-state index contributed by atoms with van der Waals surface area (Å²) in [7, 11) is 0. The third-order valence-corrected chi connectivity index (χ3v) is 7.10. The zero-order valence-corrected chi connectivity index (χ0v) is 22.5. The molecule has 0 aliphatic heterocycles. The number of benzene rings is 3. The molecule has 0 bridgehead atoms. The van der Waals surface area contributed by atoms with Gasteiger partial charge in [0.25, 0.3) is 0 Å². The van der Waals surface area contributed by atoms with E-state index in [1.165, 1.54) is 12.1 Å². The van der Waals surface area contributed by atoms with Crippen LogP contribution >= 0.6 is 0 Å². The molecule has 0 saturated carbocycles. The van der Waals surface area contributed by atoms with Gasteiger partial charge in [0.1, 0.15) is 11.5 Å². The zero-order chi connectivity index (χ0) is 28.6. The molecule has 0 aliphatic carbocycles. The van der Waals surface area contributed by atoms with E-state index in [4.69, 9.17) is 4.98 Å². The second-order valence-electron chi connectivity index (χ2n) is 10.2. The van der Waals surface area contributed by atoms with Gasteiger partial charge in [-0.25, -0.2) is 14.4 Å². The Balaban J connectivity index is 1.22. The molecule has 7 aromatic rings. The predicted molar refractivity (Wildman–Crippen MR) is 161 cm³/mol. The lowest BCUT2D eigenvalue weighted by molar-refractivity contribution is -0.115. The van der Waals surface area contributed by atoms with Crippen LogP contribution in [0.1, 0.15) is 11.1 Å². The standard InChI is InChI=1S/C33H24FN7O/c1-19-11-22(14-24(34)12-19)26-9-10-36-32-30(26)38-33(39-32)31-27-16-21(7-8-28(27)40-41-31)23-15-25(18-35-17-23)37-29(42)13-20-5-3-2-4-6-20/h2-12,14-18H,13H2,1H3,(H,37,42)(H,40,41)(H,36,38,39). The summed E-state index contributed by atoms with van der Waals surface area (Å²) >= 11 is 0. The Morgan fingerprint density at radius 1 is 0.929 bits per heavy atom. The van der Waals surface area contributed by atoms with E-state index in [0.29, 0.717) is 28.4 Å². The quantitative estimate of drug-likeness (QED) is 0.208. The Morgan fingerprint density at radius 2 is 1.81 bits per heavy atom. The second kappa shape index (κ2) is 10.4. The summed E-state index contributed by atoms with van der Waals surface area (Å²) < 4.78 is 14.2. The fourth-order valence-corrected chi connectivity index (χ4v) is 5.18. The fraction of sp³-hybridized carbons (Fsp3) is 0.0606. The van der Waals surface area contributed by atoms with Crippen LogP contribution in [0.15, 0.2) is 97.5 Å². The molecule has 8 nitrogen and oxygen atoms in total. The Hall–Kier alpha value is -5.70. The number of imidazole rings is 1. The van der Waals surface area contributed by atoms with Gasteiger partial charge in [-0.15, -0.1) is 0 Å². The lowest BCUT2D eigenvalue weighted by Gasteiger charge is -2.08. The molecule has 3 N–H and O–H groups in total. The summed E-state index contributed by atoms with van der Waals surface area (Å²) in [6.07, 6.45) is 5.34.